The van der Waals surface area contributed by atoms with Crippen LogP contribution in [0.4, 0.5) is 30.7 Å². The fourth-order valence-electron chi connectivity index (χ4n) is 1.13. The number of alkyl halides is 7. The van der Waals surface area contributed by atoms with Gasteiger partial charge in [-0.15, -0.1) is 0 Å². The molecule has 1 aliphatic rings. The van der Waals surface area contributed by atoms with Crippen LogP contribution in [0.5, 0.6) is 0 Å². The molecule has 1 fully saturated rings. The number of rotatable bonds is 1. The Morgan fingerprint density at radius 3 is 1.31 bits per heavy atom. The lowest BCUT2D eigenvalue weighted by atomic mass is 10.0. The zero-order valence-electron chi connectivity index (χ0n) is 8.22. The Morgan fingerprint density at radius 1 is 0.750 bits per heavy atom. The number of nitrogens with one attached hydrogen (secondary N) is 2. The van der Waals surface area contributed by atoms with E-state index >= 15 is 0 Å². The first-order valence-electron chi connectivity index (χ1n) is 4.27. The lowest BCUT2D eigenvalue weighted by molar-refractivity contribution is -0.382. The summed E-state index contributed by atoms with van der Waals surface area (Å²) in [4.78, 5) is 0. The Bertz CT molecular complexity index is 263. The van der Waals surface area contributed by atoms with Crippen molar-refractivity contribution in [3.05, 3.63) is 0 Å². The molecule has 0 atom stereocenters. The highest BCUT2D eigenvalue weighted by atomic mass is 19.3. The molecule has 1 heterocycles. The Kier molecular flexibility index (Phi) is 2.72. The van der Waals surface area contributed by atoms with Crippen molar-refractivity contribution in [2.75, 3.05) is 0 Å². The fourth-order valence-corrected chi connectivity index (χ4v) is 1.13. The molecule has 0 aliphatic carbocycles. The molecule has 1 saturated heterocycles. The molecular weight excluding hydrogens is 245 g/mol. The second-order valence-corrected chi connectivity index (χ2v) is 3.84. The summed E-state index contributed by atoms with van der Waals surface area (Å²) >= 11 is 0. The zero-order chi connectivity index (χ0) is 13.0. The minimum Gasteiger partial charge on any atom is -0.208 e. The van der Waals surface area contributed by atoms with Gasteiger partial charge in [-0.3, -0.25) is 0 Å². The first-order valence-corrected chi connectivity index (χ1v) is 4.27. The smallest absolute Gasteiger partial charge is 0.208 e. The van der Waals surface area contributed by atoms with Gasteiger partial charge in [0.05, 0.1) is 0 Å². The van der Waals surface area contributed by atoms with E-state index in [1.807, 2.05) is 0 Å². The first kappa shape index (κ1) is 13.5. The molecule has 2 nitrogen and oxygen atoms in total. The maximum Gasteiger partial charge on any atom is 0.400 e. The third kappa shape index (κ3) is 1.65. The molecule has 0 bridgehead atoms. The number of hydrogen-bond donors (Lipinski definition) is 2. The van der Waals surface area contributed by atoms with Crippen molar-refractivity contribution in [1.82, 2.24) is 10.6 Å². The molecule has 9 heteroatoms. The molecule has 1 rings (SSSR count). The Morgan fingerprint density at radius 2 is 1.06 bits per heavy atom. The van der Waals surface area contributed by atoms with Gasteiger partial charge < -0.3 is 0 Å². The second kappa shape index (κ2) is 3.22. The van der Waals surface area contributed by atoms with Crippen LogP contribution in [0.25, 0.3) is 0 Å². The molecule has 96 valence electrons. The van der Waals surface area contributed by atoms with Gasteiger partial charge in [-0.05, 0) is 0 Å². The predicted molar refractivity (Wildman–Crippen MR) is 39.8 cm³/mol. The van der Waals surface area contributed by atoms with Gasteiger partial charge in [-0.25, -0.2) is 15.0 Å². The van der Waals surface area contributed by atoms with Crippen LogP contribution >= 0.6 is 0 Å². The van der Waals surface area contributed by atoms with Crippen LogP contribution in [-0.4, -0.2) is 23.9 Å². The van der Waals surface area contributed by atoms with E-state index in [4.69, 9.17) is 0 Å². The van der Waals surface area contributed by atoms with Crippen molar-refractivity contribution in [2.45, 2.75) is 37.8 Å². The van der Waals surface area contributed by atoms with E-state index in [0.717, 1.165) is 13.8 Å². The van der Waals surface area contributed by atoms with Gasteiger partial charge in [0, 0.05) is 5.92 Å². The number of halogens is 7. The molecule has 1 aliphatic heterocycles. The topological polar surface area (TPSA) is 24.1 Å². The van der Waals surface area contributed by atoms with E-state index in [9.17, 15) is 30.7 Å². The summed E-state index contributed by atoms with van der Waals surface area (Å²) in [5, 5.41) is 1.15. The summed E-state index contributed by atoms with van der Waals surface area (Å²) in [6, 6.07) is -10.7. The van der Waals surface area contributed by atoms with Crippen LogP contribution in [0.15, 0.2) is 0 Å². The molecule has 16 heavy (non-hydrogen) atoms. The summed E-state index contributed by atoms with van der Waals surface area (Å²) < 4.78 is 89.5. The maximum absolute atomic E-state index is 13.5. The van der Waals surface area contributed by atoms with Gasteiger partial charge in [0.2, 0.25) is 5.92 Å². The van der Waals surface area contributed by atoms with Crippen LogP contribution < -0.4 is 10.6 Å². The minimum absolute atomic E-state index is 0.573. The van der Waals surface area contributed by atoms with Crippen molar-refractivity contribution in [1.29, 1.82) is 0 Å². The van der Waals surface area contributed by atoms with Crippen molar-refractivity contribution in [3.63, 3.8) is 0 Å². The molecule has 0 spiro atoms. The van der Waals surface area contributed by atoms with Gasteiger partial charge in [-0.2, -0.15) is 26.3 Å². The van der Waals surface area contributed by atoms with Crippen molar-refractivity contribution in [2.24, 2.45) is 5.92 Å². The molecular formula is C7H9F7N2. The van der Waals surface area contributed by atoms with E-state index in [0.29, 0.717) is 10.6 Å². The van der Waals surface area contributed by atoms with Crippen LogP contribution in [-0.2, 0) is 0 Å². The molecule has 0 aromatic carbocycles. The van der Waals surface area contributed by atoms with E-state index < -0.39 is 29.8 Å². The monoisotopic (exact) mass is 254 g/mol. The highest BCUT2D eigenvalue weighted by Gasteiger charge is 2.78. The lowest BCUT2D eigenvalue weighted by Crippen LogP contribution is -2.81. The molecule has 0 unspecified atom stereocenters. The highest BCUT2D eigenvalue weighted by molar-refractivity contribution is 5.03. The first-order chi connectivity index (χ1) is 6.86. The summed E-state index contributed by atoms with van der Waals surface area (Å²) in [7, 11) is 0. The van der Waals surface area contributed by atoms with Crippen LogP contribution in [0.2, 0.25) is 0 Å². The molecule has 0 aromatic heterocycles. The van der Waals surface area contributed by atoms with Crippen molar-refractivity contribution < 1.29 is 30.7 Å². The standard InChI is InChI=1S/C7H9F7N2/c1-3(2)4(8)15-6(11,12)5(9,10)7(13,14)16-4/h3,15-16H,1-2H3. The maximum atomic E-state index is 13.5. The van der Waals surface area contributed by atoms with Crippen LogP contribution in [0.3, 0.4) is 0 Å². The Balaban J connectivity index is 3.18. The van der Waals surface area contributed by atoms with Gasteiger partial charge in [0.15, 0.2) is 0 Å². The molecule has 0 aromatic rings. The quantitative estimate of drug-likeness (QED) is 0.554. The van der Waals surface area contributed by atoms with Gasteiger partial charge >= 0.3 is 18.0 Å². The average molecular weight is 254 g/mol. The summed E-state index contributed by atoms with van der Waals surface area (Å²) in [6.45, 7) is 1.96. The van der Waals surface area contributed by atoms with Gasteiger partial charge in [0.25, 0.3) is 0 Å². The fraction of sp³-hybridized carbons (Fsp3) is 1.00. The normalized spacial score (nSPS) is 30.4. The Labute approximate surface area is 86.2 Å². The molecule has 0 saturated carbocycles. The lowest BCUT2D eigenvalue weighted by Gasteiger charge is -2.46. The largest absolute Gasteiger partial charge is 0.400 e. The van der Waals surface area contributed by atoms with Crippen LogP contribution in [0.1, 0.15) is 13.8 Å². The molecule has 0 amide bonds. The second-order valence-electron chi connectivity index (χ2n) is 3.84. The third-order valence-electron chi connectivity index (χ3n) is 2.26. The summed E-state index contributed by atoms with van der Waals surface area (Å²) in [5.41, 5.74) is 0. The predicted octanol–water partition coefficient (Wildman–Crippen LogP) is 2.28. The molecule has 2 N–H and O–H groups in total. The van der Waals surface area contributed by atoms with E-state index in [2.05, 4.69) is 0 Å². The van der Waals surface area contributed by atoms with E-state index in [-0.39, 0.29) is 0 Å². The SMILES string of the molecule is CC(C)C1(F)NC(F)(F)C(F)(F)C(F)(F)N1. The summed E-state index contributed by atoms with van der Waals surface area (Å²) in [5.74, 6) is -10.6. The van der Waals surface area contributed by atoms with E-state index in [1.54, 1.807) is 0 Å². The van der Waals surface area contributed by atoms with Crippen LogP contribution in [0, 0.1) is 5.92 Å². The van der Waals surface area contributed by atoms with Crippen molar-refractivity contribution >= 4 is 0 Å². The van der Waals surface area contributed by atoms with Crippen molar-refractivity contribution in [3.8, 4) is 0 Å². The average Bonchev–Trinajstić information content (AvgIpc) is 1.98. The Hall–Kier alpha value is -0.570. The van der Waals surface area contributed by atoms with Gasteiger partial charge in [0.1, 0.15) is 0 Å². The number of hydrogen-bond acceptors (Lipinski definition) is 2. The molecule has 0 radical (unpaired) electrons. The highest BCUT2D eigenvalue weighted by Crippen LogP contribution is 2.48. The summed E-state index contributed by atoms with van der Waals surface area (Å²) in [6.07, 6.45) is 0. The van der Waals surface area contributed by atoms with Gasteiger partial charge in [-0.1, -0.05) is 13.8 Å². The third-order valence-corrected chi connectivity index (χ3v) is 2.26. The minimum atomic E-state index is -5.72. The zero-order valence-corrected chi connectivity index (χ0v) is 8.22. The van der Waals surface area contributed by atoms with E-state index in [1.165, 1.54) is 0 Å².